The second-order valence-electron chi connectivity index (χ2n) is 8.08. The topological polar surface area (TPSA) is 93.9 Å². The van der Waals surface area contributed by atoms with Crippen LogP contribution in [0, 0.1) is 0 Å². The predicted octanol–water partition coefficient (Wildman–Crippen LogP) is 2.73. The van der Waals surface area contributed by atoms with Gasteiger partial charge in [0.15, 0.2) is 6.29 Å². The Balaban J connectivity index is 1.74. The number of aliphatic hydroxyl groups excluding tert-OH is 1. The van der Waals surface area contributed by atoms with E-state index in [1.807, 2.05) is 0 Å². The number of thioether (sulfide) groups is 1. The summed E-state index contributed by atoms with van der Waals surface area (Å²) in [6.07, 6.45) is -2.75. The first-order valence-corrected chi connectivity index (χ1v) is 13.6. The first kappa shape index (κ1) is 25.5. The summed E-state index contributed by atoms with van der Waals surface area (Å²) in [7, 11) is -3.45. The number of alkyl halides is 3. The van der Waals surface area contributed by atoms with Gasteiger partial charge in [0, 0.05) is 59.9 Å². The molecule has 13 heteroatoms. The molecule has 0 amide bonds. The lowest BCUT2D eigenvalue weighted by atomic mass is 10.0. The molecule has 1 aromatic heterocycles. The Hall–Kier alpha value is -1.64. The number of fused-ring (bicyclic) bond motifs is 1. The molecule has 0 saturated carbocycles. The largest absolute Gasteiger partial charge is 0.417 e. The number of halogens is 3. The molecule has 2 aliphatic rings. The van der Waals surface area contributed by atoms with Gasteiger partial charge >= 0.3 is 6.18 Å². The van der Waals surface area contributed by atoms with Crippen molar-refractivity contribution in [2.75, 3.05) is 38.4 Å². The standard InChI is InChI=1S/C21H26F3N3O5S2/c1-34(29,30)26-6-4-17-15(13-26)20(25-27(17)7-5-19-31-9-10-32-19)14-2-3-16(21(22,23)24)18(12-14)33-11-8-28/h2-3,12,19,28H,4-11,13H2,1H3. The van der Waals surface area contributed by atoms with Crippen molar-refractivity contribution in [3.05, 3.63) is 35.0 Å². The number of benzene rings is 1. The molecule has 0 bridgehead atoms. The van der Waals surface area contributed by atoms with E-state index in [9.17, 15) is 21.6 Å². The third kappa shape index (κ3) is 5.60. The molecule has 1 saturated heterocycles. The zero-order valence-electron chi connectivity index (χ0n) is 18.5. The second-order valence-corrected chi connectivity index (χ2v) is 11.2. The fourth-order valence-corrected chi connectivity index (χ4v) is 5.79. The number of ether oxygens (including phenoxy) is 2. The molecule has 188 valence electrons. The molecule has 34 heavy (non-hydrogen) atoms. The van der Waals surface area contributed by atoms with Crippen molar-refractivity contribution in [3.63, 3.8) is 0 Å². The molecule has 1 N–H and O–H groups in total. The average molecular weight is 522 g/mol. The highest BCUT2D eigenvalue weighted by atomic mass is 32.2. The lowest BCUT2D eigenvalue weighted by molar-refractivity contribution is -0.139. The van der Waals surface area contributed by atoms with E-state index in [2.05, 4.69) is 0 Å². The van der Waals surface area contributed by atoms with Crippen LogP contribution in [0.1, 0.15) is 23.2 Å². The van der Waals surface area contributed by atoms with E-state index in [-0.39, 0.29) is 30.1 Å². The molecule has 1 fully saturated rings. The van der Waals surface area contributed by atoms with Crippen molar-refractivity contribution in [1.82, 2.24) is 14.1 Å². The molecule has 0 unspecified atom stereocenters. The lowest BCUT2D eigenvalue weighted by Gasteiger charge is -2.26. The van der Waals surface area contributed by atoms with Crippen LogP contribution in [-0.4, -0.2) is 72.3 Å². The number of rotatable bonds is 8. The van der Waals surface area contributed by atoms with Gasteiger partial charge in [-0.05, 0) is 12.1 Å². The van der Waals surface area contributed by atoms with Crippen molar-refractivity contribution in [1.29, 1.82) is 0 Å². The van der Waals surface area contributed by atoms with E-state index in [4.69, 9.17) is 19.7 Å². The molecule has 3 heterocycles. The predicted molar refractivity (Wildman–Crippen MR) is 120 cm³/mol. The van der Waals surface area contributed by atoms with Gasteiger partial charge in [-0.25, -0.2) is 8.42 Å². The van der Waals surface area contributed by atoms with Gasteiger partial charge in [-0.15, -0.1) is 11.8 Å². The van der Waals surface area contributed by atoms with Gasteiger partial charge in [0.25, 0.3) is 0 Å². The molecule has 4 rings (SSSR count). The maximum absolute atomic E-state index is 13.5. The minimum absolute atomic E-state index is 0.00844. The van der Waals surface area contributed by atoms with Gasteiger partial charge in [0.05, 0.1) is 37.3 Å². The zero-order valence-corrected chi connectivity index (χ0v) is 20.2. The van der Waals surface area contributed by atoms with E-state index in [1.54, 1.807) is 4.68 Å². The van der Waals surface area contributed by atoms with Crippen LogP contribution in [-0.2, 0) is 45.2 Å². The Morgan fingerprint density at radius 3 is 2.65 bits per heavy atom. The van der Waals surface area contributed by atoms with Gasteiger partial charge < -0.3 is 14.6 Å². The third-order valence-corrected chi connectivity index (χ3v) is 8.03. The highest BCUT2D eigenvalue weighted by Gasteiger charge is 2.35. The fraction of sp³-hybridized carbons (Fsp3) is 0.571. The van der Waals surface area contributed by atoms with Crippen LogP contribution in [0.4, 0.5) is 13.2 Å². The molecule has 0 radical (unpaired) electrons. The molecule has 0 aliphatic carbocycles. The van der Waals surface area contributed by atoms with Gasteiger partial charge in [-0.2, -0.15) is 22.6 Å². The van der Waals surface area contributed by atoms with Gasteiger partial charge in [0.2, 0.25) is 10.0 Å². The van der Waals surface area contributed by atoms with Crippen molar-refractivity contribution in [3.8, 4) is 11.3 Å². The van der Waals surface area contributed by atoms with Crippen molar-refractivity contribution in [2.45, 2.75) is 43.3 Å². The van der Waals surface area contributed by atoms with Crippen LogP contribution in [0.5, 0.6) is 0 Å². The normalized spacial score (nSPS) is 17.9. The first-order chi connectivity index (χ1) is 16.1. The molecular weight excluding hydrogens is 495 g/mol. The Labute approximate surface area is 200 Å². The number of hydrogen-bond acceptors (Lipinski definition) is 7. The maximum Gasteiger partial charge on any atom is 0.417 e. The molecule has 2 aliphatic heterocycles. The van der Waals surface area contributed by atoms with Crippen LogP contribution < -0.4 is 0 Å². The van der Waals surface area contributed by atoms with Gasteiger partial charge in [0.1, 0.15) is 0 Å². The van der Waals surface area contributed by atoms with Crippen LogP contribution in [0.15, 0.2) is 23.1 Å². The Kier molecular flexibility index (Phi) is 7.60. The Morgan fingerprint density at radius 1 is 1.26 bits per heavy atom. The number of sulfonamides is 1. The van der Waals surface area contributed by atoms with Gasteiger partial charge in [-0.3, -0.25) is 4.68 Å². The van der Waals surface area contributed by atoms with E-state index in [1.165, 1.54) is 16.4 Å². The van der Waals surface area contributed by atoms with Crippen molar-refractivity contribution in [2.24, 2.45) is 0 Å². The van der Waals surface area contributed by atoms with E-state index >= 15 is 0 Å². The van der Waals surface area contributed by atoms with Crippen LogP contribution in [0.2, 0.25) is 0 Å². The number of aryl methyl sites for hydroxylation is 1. The molecular formula is C21H26F3N3O5S2. The summed E-state index contributed by atoms with van der Waals surface area (Å²) >= 11 is 0.915. The first-order valence-electron chi connectivity index (χ1n) is 10.8. The number of nitrogens with zero attached hydrogens (tertiary/aromatic N) is 3. The van der Waals surface area contributed by atoms with Crippen LogP contribution in [0.3, 0.4) is 0 Å². The highest BCUT2D eigenvalue weighted by molar-refractivity contribution is 7.99. The zero-order chi connectivity index (χ0) is 24.5. The summed E-state index contributed by atoms with van der Waals surface area (Å²) in [5.41, 5.74) is 1.68. The van der Waals surface area contributed by atoms with Crippen LogP contribution >= 0.6 is 11.8 Å². The van der Waals surface area contributed by atoms with Crippen molar-refractivity contribution >= 4 is 21.8 Å². The van der Waals surface area contributed by atoms with Crippen LogP contribution in [0.25, 0.3) is 11.3 Å². The quantitative estimate of drug-likeness (QED) is 0.534. The summed E-state index contributed by atoms with van der Waals surface area (Å²) in [6.45, 7) is 1.66. The number of aliphatic hydroxyl groups is 1. The molecule has 0 spiro atoms. The average Bonchev–Trinajstić information content (AvgIpc) is 3.42. The molecule has 2 aromatic rings. The highest BCUT2D eigenvalue weighted by Crippen LogP contribution is 2.40. The Morgan fingerprint density at radius 2 is 2.00 bits per heavy atom. The summed E-state index contributed by atoms with van der Waals surface area (Å²) < 4.78 is 79.1. The smallest absolute Gasteiger partial charge is 0.396 e. The third-order valence-electron chi connectivity index (χ3n) is 5.74. The summed E-state index contributed by atoms with van der Waals surface area (Å²) in [4.78, 5) is -0.00844. The fourth-order valence-electron chi connectivity index (χ4n) is 4.15. The van der Waals surface area contributed by atoms with Gasteiger partial charge in [-0.1, -0.05) is 6.07 Å². The maximum atomic E-state index is 13.5. The molecule has 8 nitrogen and oxygen atoms in total. The van der Waals surface area contributed by atoms with E-state index in [0.717, 1.165) is 29.8 Å². The summed E-state index contributed by atoms with van der Waals surface area (Å²) in [5, 5.41) is 13.8. The summed E-state index contributed by atoms with van der Waals surface area (Å²) in [5.74, 6) is 0.113. The SMILES string of the molecule is CS(=O)(=O)N1CCc2c(c(-c3ccc(C(F)(F)F)c(SCCO)c3)nn2CCC2OCCO2)C1. The monoisotopic (exact) mass is 521 g/mol. The Bertz CT molecular complexity index is 1130. The number of aromatic nitrogens is 2. The molecule has 1 aromatic carbocycles. The molecule has 0 atom stereocenters. The van der Waals surface area contributed by atoms with Crippen molar-refractivity contribution < 1.29 is 36.2 Å². The lowest BCUT2D eigenvalue weighted by Crippen LogP contribution is -2.35. The minimum Gasteiger partial charge on any atom is -0.396 e. The second kappa shape index (κ2) is 10.2. The van der Waals surface area contributed by atoms with E-state index in [0.29, 0.717) is 56.0 Å². The number of hydrogen-bond donors (Lipinski definition) is 1. The summed E-state index contributed by atoms with van der Waals surface area (Å²) in [6, 6.07) is 3.79. The minimum atomic E-state index is -4.54. The van der Waals surface area contributed by atoms with E-state index < -0.39 is 21.8 Å².